The molecule has 0 unspecified atom stereocenters. The number of carboxylic acids is 4. The standard InChI is InChI=1S/C46H79N5O18/c1-34(52)35(19-22-43(59)60)51-45(63)36(20-23-44(61)62)49-41(56)33-69-31-29-67-27-25-48-40(55)32-68-30-28-66-26-24-47-38(53)21-18-37(46(64)65)50-39(54)16-14-12-10-8-6-4-2-3-5-7-9-11-13-15-17-42(57)58/h35-37H,2-33H2,1H3,(H,47,53)(H,48,55)(H,49,56)(H,50,54)(H,51,63)(H,57,58)(H,59,60)(H,61,62)(H,64,65)/t35-,36-,37-/m0/s1. The number of nitrogens with one attached hydrogen (secondary N) is 5. The molecule has 0 aromatic rings. The summed E-state index contributed by atoms with van der Waals surface area (Å²) in [5.74, 6) is -7.57. The second kappa shape index (κ2) is 42.8. The average molecular weight is 990 g/mol. The van der Waals surface area contributed by atoms with Crippen molar-refractivity contribution in [2.45, 2.75) is 166 Å². The Morgan fingerprint density at radius 2 is 0.768 bits per heavy atom. The topological polar surface area (TPSA) is 349 Å². The highest BCUT2D eigenvalue weighted by Crippen LogP contribution is 2.14. The zero-order valence-electron chi connectivity index (χ0n) is 40.4. The molecule has 9 N–H and O–H groups in total. The van der Waals surface area contributed by atoms with Crippen molar-refractivity contribution < 1.29 is 87.3 Å². The van der Waals surface area contributed by atoms with Crippen LogP contribution in [0.15, 0.2) is 0 Å². The molecule has 0 aromatic carbocycles. The average Bonchev–Trinajstić information content (AvgIpc) is 3.28. The van der Waals surface area contributed by atoms with Gasteiger partial charge in [0.05, 0.1) is 45.7 Å². The molecule has 0 aliphatic carbocycles. The third kappa shape index (κ3) is 41.4. The lowest BCUT2D eigenvalue weighted by molar-refractivity contribution is -0.142. The third-order valence-electron chi connectivity index (χ3n) is 10.4. The molecule has 69 heavy (non-hydrogen) atoms. The van der Waals surface area contributed by atoms with Crippen LogP contribution in [-0.4, -0.2) is 164 Å². The fourth-order valence-electron chi connectivity index (χ4n) is 6.61. The first-order valence-electron chi connectivity index (χ1n) is 24.1. The first-order valence-corrected chi connectivity index (χ1v) is 24.1. The molecule has 23 nitrogen and oxygen atoms in total. The van der Waals surface area contributed by atoms with Crippen molar-refractivity contribution >= 4 is 59.2 Å². The number of Topliss-reactive ketones (excluding diaryl/α,β-unsaturated/α-hetero) is 1. The fraction of sp³-hybridized carbons (Fsp3) is 0.783. The van der Waals surface area contributed by atoms with Crippen molar-refractivity contribution in [2.75, 3.05) is 65.9 Å². The van der Waals surface area contributed by atoms with Crippen LogP contribution in [0.1, 0.15) is 148 Å². The molecular weight excluding hydrogens is 911 g/mol. The van der Waals surface area contributed by atoms with Crippen LogP contribution in [0.3, 0.4) is 0 Å². The summed E-state index contributed by atoms with van der Waals surface area (Å²) >= 11 is 0. The van der Waals surface area contributed by atoms with E-state index in [1.165, 1.54) is 39.0 Å². The number of rotatable bonds is 48. The SMILES string of the molecule is CC(=O)[C@H](CCC(=O)O)NC(=O)[C@H](CCC(=O)O)NC(=O)COCCOCCNC(=O)COCCOCCNC(=O)CC[C@H](NC(=O)CCCCCCCCCCCCCCCCC(=O)O)C(=O)O. The minimum absolute atomic E-state index is 0.0279. The monoisotopic (exact) mass is 990 g/mol. The Kier molecular flexibility index (Phi) is 39.5. The van der Waals surface area contributed by atoms with E-state index in [2.05, 4.69) is 26.6 Å². The maximum Gasteiger partial charge on any atom is 0.326 e. The summed E-state index contributed by atoms with van der Waals surface area (Å²) in [4.78, 5) is 118. The van der Waals surface area contributed by atoms with Gasteiger partial charge in [-0.25, -0.2) is 4.79 Å². The minimum Gasteiger partial charge on any atom is -0.481 e. The van der Waals surface area contributed by atoms with Gasteiger partial charge >= 0.3 is 23.9 Å². The largest absolute Gasteiger partial charge is 0.481 e. The zero-order chi connectivity index (χ0) is 51.5. The van der Waals surface area contributed by atoms with Gasteiger partial charge in [0.25, 0.3) is 0 Å². The summed E-state index contributed by atoms with van der Waals surface area (Å²) in [5.41, 5.74) is 0. The van der Waals surface area contributed by atoms with Crippen molar-refractivity contribution in [2.24, 2.45) is 0 Å². The van der Waals surface area contributed by atoms with E-state index in [-0.39, 0.29) is 116 Å². The van der Waals surface area contributed by atoms with Gasteiger partial charge in [-0.1, -0.05) is 77.0 Å². The van der Waals surface area contributed by atoms with E-state index < -0.39 is 78.5 Å². The smallest absolute Gasteiger partial charge is 0.326 e. The maximum absolute atomic E-state index is 12.7. The molecule has 0 heterocycles. The number of hydrogen-bond donors (Lipinski definition) is 9. The molecule has 0 fully saturated rings. The zero-order valence-corrected chi connectivity index (χ0v) is 40.4. The van der Waals surface area contributed by atoms with Crippen molar-refractivity contribution in [1.82, 2.24) is 26.6 Å². The molecule has 0 saturated carbocycles. The van der Waals surface area contributed by atoms with Crippen molar-refractivity contribution in [3.63, 3.8) is 0 Å². The first-order chi connectivity index (χ1) is 33.0. The Bertz CT molecular complexity index is 1530. The Morgan fingerprint density at radius 1 is 0.377 bits per heavy atom. The second-order valence-electron chi connectivity index (χ2n) is 16.5. The molecule has 0 bridgehead atoms. The first kappa shape index (κ1) is 63.7. The number of unbranched alkanes of at least 4 members (excludes halogenated alkanes) is 13. The predicted octanol–water partition coefficient (Wildman–Crippen LogP) is 2.25. The second-order valence-corrected chi connectivity index (χ2v) is 16.5. The summed E-state index contributed by atoms with van der Waals surface area (Å²) in [6.07, 6.45) is 13.8. The summed E-state index contributed by atoms with van der Waals surface area (Å²) in [6, 6.07) is -3.62. The minimum atomic E-state index is -1.32. The van der Waals surface area contributed by atoms with Crippen LogP contribution in [0.5, 0.6) is 0 Å². The van der Waals surface area contributed by atoms with Gasteiger partial charge in [-0.05, 0) is 39.0 Å². The van der Waals surface area contributed by atoms with Gasteiger partial charge in [0.15, 0.2) is 5.78 Å². The molecule has 23 heteroatoms. The van der Waals surface area contributed by atoms with Crippen LogP contribution < -0.4 is 26.6 Å². The lowest BCUT2D eigenvalue weighted by Crippen LogP contribution is -2.52. The quantitative estimate of drug-likeness (QED) is 0.0395. The van der Waals surface area contributed by atoms with Gasteiger partial charge in [0.1, 0.15) is 25.3 Å². The molecule has 0 aliphatic heterocycles. The predicted molar refractivity (Wildman–Crippen MR) is 248 cm³/mol. The van der Waals surface area contributed by atoms with Crippen LogP contribution in [-0.2, 0) is 66.9 Å². The number of carbonyl (C=O) groups excluding carboxylic acids is 6. The van der Waals surface area contributed by atoms with Crippen molar-refractivity contribution in [3.05, 3.63) is 0 Å². The molecule has 0 rings (SSSR count). The summed E-state index contributed by atoms with van der Waals surface area (Å²) in [6.45, 7) is 1.28. The summed E-state index contributed by atoms with van der Waals surface area (Å²) in [7, 11) is 0. The van der Waals surface area contributed by atoms with Gasteiger partial charge in [-0.2, -0.15) is 0 Å². The molecule has 0 radical (unpaired) electrons. The number of amides is 5. The van der Waals surface area contributed by atoms with Crippen molar-refractivity contribution in [3.8, 4) is 0 Å². The Labute approximate surface area is 404 Å². The molecule has 3 atom stereocenters. The molecule has 0 aliphatic rings. The number of ether oxygens (including phenoxy) is 4. The van der Waals surface area contributed by atoms with E-state index in [4.69, 9.17) is 34.3 Å². The molecule has 396 valence electrons. The fourth-order valence-corrected chi connectivity index (χ4v) is 6.61. The Morgan fingerprint density at radius 3 is 1.23 bits per heavy atom. The van der Waals surface area contributed by atoms with E-state index in [1.54, 1.807) is 0 Å². The lowest BCUT2D eigenvalue weighted by Gasteiger charge is -2.21. The van der Waals surface area contributed by atoms with Gasteiger partial charge in [-0.15, -0.1) is 0 Å². The molecule has 0 spiro atoms. The summed E-state index contributed by atoms with van der Waals surface area (Å²) < 4.78 is 21.2. The van der Waals surface area contributed by atoms with E-state index in [9.17, 15) is 53.1 Å². The van der Waals surface area contributed by atoms with E-state index in [1.807, 2.05) is 0 Å². The van der Waals surface area contributed by atoms with E-state index >= 15 is 0 Å². The molecule has 5 amide bonds. The van der Waals surface area contributed by atoms with Crippen LogP contribution >= 0.6 is 0 Å². The summed E-state index contributed by atoms with van der Waals surface area (Å²) in [5, 5.41) is 48.5. The highest BCUT2D eigenvalue weighted by molar-refractivity contribution is 5.92. The number of aliphatic carboxylic acids is 4. The van der Waals surface area contributed by atoms with E-state index in [0.717, 1.165) is 51.4 Å². The highest BCUT2D eigenvalue weighted by Gasteiger charge is 2.26. The molecular formula is C46H79N5O18. The van der Waals surface area contributed by atoms with Gasteiger partial charge in [0.2, 0.25) is 29.5 Å². The van der Waals surface area contributed by atoms with Crippen LogP contribution in [0.2, 0.25) is 0 Å². The Balaban J connectivity index is 3.93. The van der Waals surface area contributed by atoms with E-state index in [0.29, 0.717) is 6.42 Å². The van der Waals surface area contributed by atoms with Gasteiger partial charge < -0.3 is 66.0 Å². The Hall–Kier alpha value is -5.26. The van der Waals surface area contributed by atoms with Crippen molar-refractivity contribution in [1.29, 1.82) is 0 Å². The molecule has 0 saturated heterocycles. The number of carboxylic acid groups (broad SMARTS) is 4. The highest BCUT2D eigenvalue weighted by atomic mass is 16.5. The van der Waals surface area contributed by atoms with Crippen LogP contribution in [0.25, 0.3) is 0 Å². The number of carbonyl (C=O) groups is 10. The number of hydrogen-bond acceptors (Lipinski definition) is 14. The molecule has 0 aromatic heterocycles. The van der Waals surface area contributed by atoms with Gasteiger partial charge in [0, 0.05) is 45.2 Å². The number of ketones is 1. The maximum atomic E-state index is 12.7. The normalized spacial score (nSPS) is 12.2. The van der Waals surface area contributed by atoms with Gasteiger partial charge in [-0.3, -0.25) is 43.2 Å². The third-order valence-corrected chi connectivity index (χ3v) is 10.4. The van der Waals surface area contributed by atoms with Crippen LogP contribution in [0.4, 0.5) is 0 Å². The lowest BCUT2D eigenvalue weighted by atomic mass is 10.0. The van der Waals surface area contributed by atoms with Crippen LogP contribution in [0, 0.1) is 0 Å².